The van der Waals surface area contributed by atoms with Crippen LogP contribution in [0.3, 0.4) is 0 Å². The SMILES string of the molecule is O=C(N1CCOCC1)N1CCCC[C@H]1c1nc2ccc(F)cc2[nH]1. The number of nitrogens with one attached hydrogen (secondary N) is 1. The summed E-state index contributed by atoms with van der Waals surface area (Å²) in [7, 11) is 0. The number of ether oxygens (including phenoxy) is 1. The van der Waals surface area contributed by atoms with E-state index in [4.69, 9.17) is 4.74 Å². The van der Waals surface area contributed by atoms with Crippen LogP contribution in [-0.4, -0.2) is 58.6 Å². The highest BCUT2D eigenvalue weighted by atomic mass is 19.1. The minimum absolute atomic E-state index is 0.0506. The highest BCUT2D eigenvalue weighted by Crippen LogP contribution is 2.31. The molecular formula is C17H21FN4O2. The van der Waals surface area contributed by atoms with E-state index in [9.17, 15) is 9.18 Å². The number of halogens is 1. The van der Waals surface area contributed by atoms with Gasteiger partial charge < -0.3 is 19.5 Å². The second-order valence-electron chi connectivity index (χ2n) is 6.37. The van der Waals surface area contributed by atoms with Crippen LogP contribution in [0.1, 0.15) is 31.1 Å². The van der Waals surface area contributed by atoms with Crippen molar-refractivity contribution in [2.45, 2.75) is 25.3 Å². The summed E-state index contributed by atoms with van der Waals surface area (Å²) in [6.45, 7) is 3.18. The van der Waals surface area contributed by atoms with Crippen molar-refractivity contribution in [2.75, 3.05) is 32.8 Å². The van der Waals surface area contributed by atoms with E-state index in [1.54, 1.807) is 6.07 Å². The second-order valence-corrected chi connectivity index (χ2v) is 6.37. The molecule has 0 saturated carbocycles. The fourth-order valence-electron chi connectivity index (χ4n) is 3.54. The Kier molecular flexibility index (Phi) is 4.10. The number of hydrogen-bond donors (Lipinski definition) is 1. The third-order valence-electron chi connectivity index (χ3n) is 4.81. The van der Waals surface area contributed by atoms with E-state index < -0.39 is 0 Å². The molecule has 2 fully saturated rings. The van der Waals surface area contributed by atoms with Gasteiger partial charge >= 0.3 is 6.03 Å². The minimum atomic E-state index is -0.289. The molecule has 7 heteroatoms. The lowest BCUT2D eigenvalue weighted by molar-refractivity contribution is 0.0349. The lowest BCUT2D eigenvalue weighted by Crippen LogP contribution is -2.50. The van der Waals surface area contributed by atoms with Gasteiger partial charge in [-0.15, -0.1) is 0 Å². The molecule has 1 N–H and O–H groups in total. The van der Waals surface area contributed by atoms with Crippen LogP contribution in [0.5, 0.6) is 0 Å². The van der Waals surface area contributed by atoms with Crippen LogP contribution in [0.25, 0.3) is 11.0 Å². The molecule has 2 saturated heterocycles. The molecule has 2 amide bonds. The highest BCUT2D eigenvalue weighted by molar-refractivity contribution is 5.77. The molecule has 0 spiro atoms. The van der Waals surface area contributed by atoms with Crippen LogP contribution in [0.4, 0.5) is 9.18 Å². The molecule has 4 rings (SSSR count). The van der Waals surface area contributed by atoms with Crippen molar-refractivity contribution in [1.82, 2.24) is 19.8 Å². The maximum Gasteiger partial charge on any atom is 0.320 e. The van der Waals surface area contributed by atoms with Crippen molar-refractivity contribution in [1.29, 1.82) is 0 Å². The molecule has 6 nitrogen and oxygen atoms in total. The number of piperidine rings is 1. The molecule has 0 unspecified atom stereocenters. The van der Waals surface area contributed by atoms with Crippen molar-refractivity contribution in [2.24, 2.45) is 0 Å². The minimum Gasteiger partial charge on any atom is -0.378 e. The number of urea groups is 1. The highest BCUT2D eigenvalue weighted by Gasteiger charge is 2.33. The fourth-order valence-corrected chi connectivity index (χ4v) is 3.54. The molecule has 2 aliphatic heterocycles. The number of rotatable bonds is 1. The molecule has 2 aromatic rings. The predicted molar refractivity (Wildman–Crippen MR) is 87.1 cm³/mol. The number of likely N-dealkylation sites (tertiary alicyclic amines) is 1. The van der Waals surface area contributed by atoms with Crippen molar-refractivity contribution >= 4 is 17.1 Å². The zero-order chi connectivity index (χ0) is 16.5. The molecule has 0 bridgehead atoms. The van der Waals surface area contributed by atoms with E-state index in [1.807, 2.05) is 9.80 Å². The Labute approximate surface area is 139 Å². The molecule has 1 aromatic heterocycles. The number of carbonyl (C=O) groups is 1. The van der Waals surface area contributed by atoms with Crippen LogP contribution < -0.4 is 0 Å². The molecule has 128 valence electrons. The fraction of sp³-hybridized carbons (Fsp3) is 0.529. The third-order valence-corrected chi connectivity index (χ3v) is 4.81. The number of aromatic amines is 1. The lowest BCUT2D eigenvalue weighted by Gasteiger charge is -2.39. The smallest absolute Gasteiger partial charge is 0.320 e. The van der Waals surface area contributed by atoms with Gasteiger partial charge in [-0.3, -0.25) is 0 Å². The van der Waals surface area contributed by atoms with E-state index in [0.717, 1.165) is 37.1 Å². The average Bonchev–Trinajstić information content (AvgIpc) is 3.05. The number of morpholine rings is 1. The summed E-state index contributed by atoms with van der Waals surface area (Å²) in [5, 5.41) is 0. The third kappa shape index (κ3) is 2.84. The first-order chi connectivity index (χ1) is 11.7. The van der Waals surface area contributed by atoms with Gasteiger partial charge in [-0.25, -0.2) is 14.2 Å². The van der Waals surface area contributed by atoms with Crippen LogP contribution in [0, 0.1) is 5.82 Å². The summed E-state index contributed by atoms with van der Waals surface area (Å²) in [5.74, 6) is 0.458. The number of amides is 2. The first kappa shape index (κ1) is 15.4. The number of fused-ring (bicyclic) bond motifs is 1. The molecule has 24 heavy (non-hydrogen) atoms. The number of hydrogen-bond acceptors (Lipinski definition) is 3. The predicted octanol–water partition coefficient (Wildman–Crippen LogP) is 2.68. The van der Waals surface area contributed by atoms with Crippen molar-refractivity contribution < 1.29 is 13.9 Å². The topological polar surface area (TPSA) is 61.5 Å². The number of nitrogens with zero attached hydrogens (tertiary/aromatic N) is 3. The number of imidazole rings is 1. The van der Waals surface area contributed by atoms with Crippen molar-refractivity contribution in [3.05, 3.63) is 29.8 Å². The van der Waals surface area contributed by atoms with Crippen molar-refractivity contribution in [3.63, 3.8) is 0 Å². The van der Waals surface area contributed by atoms with Gasteiger partial charge in [0.25, 0.3) is 0 Å². The van der Waals surface area contributed by atoms with Crippen LogP contribution in [0.2, 0.25) is 0 Å². The van der Waals surface area contributed by atoms with E-state index in [1.165, 1.54) is 12.1 Å². The Morgan fingerprint density at radius 3 is 2.92 bits per heavy atom. The number of H-pyrrole nitrogens is 1. The number of carbonyl (C=O) groups excluding carboxylic acids is 1. The van der Waals surface area contributed by atoms with Crippen molar-refractivity contribution in [3.8, 4) is 0 Å². The quantitative estimate of drug-likeness (QED) is 0.873. The van der Waals surface area contributed by atoms with Gasteiger partial charge in [0.15, 0.2) is 0 Å². The molecule has 3 heterocycles. The van der Waals surface area contributed by atoms with Gasteiger partial charge in [0.1, 0.15) is 11.6 Å². The van der Waals surface area contributed by atoms with Crippen LogP contribution in [0.15, 0.2) is 18.2 Å². The summed E-state index contributed by atoms with van der Waals surface area (Å²) >= 11 is 0. The summed E-state index contributed by atoms with van der Waals surface area (Å²) in [6.07, 6.45) is 2.93. The zero-order valence-corrected chi connectivity index (χ0v) is 13.5. The second kappa shape index (κ2) is 6.39. The van der Waals surface area contributed by atoms with Crippen LogP contribution >= 0.6 is 0 Å². The zero-order valence-electron chi connectivity index (χ0n) is 13.5. The Morgan fingerprint density at radius 1 is 1.25 bits per heavy atom. The Balaban J connectivity index is 1.61. The van der Waals surface area contributed by atoms with Gasteiger partial charge in [-0.05, 0) is 37.5 Å². The molecule has 1 aromatic carbocycles. The average molecular weight is 332 g/mol. The lowest BCUT2D eigenvalue weighted by atomic mass is 10.0. The van der Waals surface area contributed by atoms with Crippen LogP contribution in [-0.2, 0) is 4.74 Å². The Hall–Kier alpha value is -2.15. The summed E-state index contributed by atoms with van der Waals surface area (Å²) < 4.78 is 18.7. The van der Waals surface area contributed by atoms with Gasteiger partial charge in [-0.1, -0.05) is 0 Å². The normalized spacial score (nSPS) is 22.1. The van der Waals surface area contributed by atoms with E-state index in [0.29, 0.717) is 31.8 Å². The van der Waals surface area contributed by atoms with E-state index in [2.05, 4.69) is 9.97 Å². The summed E-state index contributed by atoms with van der Waals surface area (Å²) in [5.41, 5.74) is 1.41. The number of benzene rings is 1. The maximum absolute atomic E-state index is 13.4. The standard InChI is InChI=1S/C17H21FN4O2/c18-12-4-5-13-14(11-12)20-16(19-13)15-3-1-2-6-22(15)17(23)21-7-9-24-10-8-21/h4-5,11,15H,1-3,6-10H2,(H,19,20)/t15-/m0/s1. The van der Waals surface area contributed by atoms with E-state index in [-0.39, 0.29) is 17.9 Å². The first-order valence-electron chi connectivity index (χ1n) is 8.51. The molecule has 2 aliphatic rings. The van der Waals surface area contributed by atoms with Gasteiger partial charge in [0.05, 0.1) is 30.3 Å². The van der Waals surface area contributed by atoms with Gasteiger partial charge in [0, 0.05) is 19.6 Å². The van der Waals surface area contributed by atoms with E-state index >= 15 is 0 Å². The molecule has 0 aliphatic carbocycles. The monoisotopic (exact) mass is 332 g/mol. The van der Waals surface area contributed by atoms with Gasteiger partial charge in [0.2, 0.25) is 0 Å². The molecule has 1 atom stereocenters. The Morgan fingerprint density at radius 2 is 2.08 bits per heavy atom. The largest absolute Gasteiger partial charge is 0.378 e. The Bertz CT molecular complexity index is 741. The molecule has 0 radical (unpaired) electrons. The first-order valence-corrected chi connectivity index (χ1v) is 8.51. The van der Waals surface area contributed by atoms with Gasteiger partial charge in [-0.2, -0.15) is 0 Å². The summed E-state index contributed by atoms with van der Waals surface area (Å²) in [6, 6.07) is 4.49. The molecular weight excluding hydrogens is 311 g/mol. The summed E-state index contributed by atoms with van der Waals surface area (Å²) in [4.78, 5) is 24.5. The maximum atomic E-state index is 13.4. The number of aromatic nitrogens is 2.